The average molecular weight is 134 g/mol. The zero-order chi connectivity index (χ0) is 6.97. The van der Waals surface area contributed by atoms with Gasteiger partial charge in [0, 0.05) is 0 Å². The lowest BCUT2D eigenvalue weighted by molar-refractivity contribution is 0.286. The Labute approximate surface area is 62.6 Å². The van der Waals surface area contributed by atoms with Gasteiger partial charge in [-0.3, -0.25) is 0 Å². The van der Waals surface area contributed by atoms with E-state index in [2.05, 4.69) is 25.2 Å². The molecule has 54 valence electrons. The third-order valence-corrected chi connectivity index (χ3v) is 2.81. The summed E-state index contributed by atoms with van der Waals surface area (Å²) in [6, 6.07) is 0. The standard InChI is InChI=1S/C10H14/c1-2-3-4-8-7-9-5-6-10(8)9/h2-3,7-8,10H,4-6H2,1H3. The summed E-state index contributed by atoms with van der Waals surface area (Å²) in [7, 11) is 0. The highest BCUT2D eigenvalue weighted by molar-refractivity contribution is 5.29. The van der Waals surface area contributed by atoms with Gasteiger partial charge in [0.2, 0.25) is 0 Å². The van der Waals surface area contributed by atoms with Gasteiger partial charge in [-0.15, -0.1) is 0 Å². The van der Waals surface area contributed by atoms with Gasteiger partial charge >= 0.3 is 0 Å². The van der Waals surface area contributed by atoms with Crippen LogP contribution in [0.25, 0.3) is 0 Å². The Kier molecular flexibility index (Phi) is 1.40. The summed E-state index contributed by atoms with van der Waals surface area (Å²) in [4.78, 5) is 0. The van der Waals surface area contributed by atoms with Crippen molar-refractivity contribution in [1.82, 2.24) is 0 Å². The maximum Gasteiger partial charge on any atom is -0.0130 e. The molecular formula is C10H14. The molecule has 1 saturated carbocycles. The number of rotatable bonds is 2. The molecule has 2 atom stereocenters. The Morgan fingerprint density at radius 1 is 1.70 bits per heavy atom. The normalized spacial score (nSPS) is 36.3. The van der Waals surface area contributed by atoms with E-state index in [0.717, 1.165) is 11.8 Å². The predicted molar refractivity (Wildman–Crippen MR) is 43.7 cm³/mol. The Balaban J connectivity index is 1.87. The zero-order valence-corrected chi connectivity index (χ0v) is 6.51. The molecule has 0 radical (unpaired) electrons. The Hall–Kier alpha value is -0.520. The van der Waals surface area contributed by atoms with Crippen LogP contribution in [0.15, 0.2) is 23.8 Å². The third-order valence-electron chi connectivity index (χ3n) is 2.81. The second-order valence-corrected chi connectivity index (χ2v) is 3.36. The highest BCUT2D eigenvalue weighted by Crippen LogP contribution is 2.49. The van der Waals surface area contributed by atoms with Gasteiger partial charge in [0.1, 0.15) is 0 Å². The highest BCUT2D eigenvalue weighted by atomic mass is 14.4. The van der Waals surface area contributed by atoms with E-state index in [0.29, 0.717) is 0 Å². The van der Waals surface area contributed by atoms with Crippen LogP contribution >= 0.6 is 0 Å². The fourth-order valence-corrected chi connectivity index (χ4v) is 1.97. The molecule has 0 nitrogen and oxygen atoms in total. The highest BCUT2D eigenvalue weighted by Gasteiger charge is 2.37. The van der Waals surface area contributed by atoms with Crippen LogP contribution in [0.4, 0.5) is 0 Å². The third kappa shape index (κ3) is 0.749. The van der Waals surface area contributed by atoms with Crippen LogP contribution in [-0.2, 0) is 0 Å². The molecule has 0 amide bonds. The van der Waals surface area contributed by atoms with Gasteiger partial charge in [0.05, 0.1) is 0 Å². The molecule has 0 heterocycles. The van der Waals surface area contributed by atoms with Crippen LogP contribution in [0.1, 0.15) is 26.2 Å². The summed E-state index contributed by atoms with van der Waals surface area (Å²) in [5.74, 6) is 1.93. The molecule has 0 N–H and O–H groups in total. The second kappa shape index (κ2) is 2.26. The summed E-state index contributed by atoms with van der Waals surface area (Å²) in [6.45, 7) is 2.10. The van der Waals surface area contributed by atoms with Crippen LogP contribution < -0.4 is 0 Å². The van der Waals surface area contributed by atoms with Gasteiger partial charge in [-0.1, -0.05) is 23.8 Å². The summed E-state index contributed by atoms with van der Waals surface area (Å²) < 4.78 is 0. The maximum atomic E-state index is 2.47. The molecule has 0 bridgehead atoms. The predicted octanol–water partition coefficient (Wildman–Crippen LogP) is 2.92. The van der Waals surface area contributed by atoms with E-state index in [-0.39, 0.29) is 0 Å². The number of allylic oxidation sites excluding steroid dienone is 4. The monoisotopic (exact) mass is 134 g/mol. The van der Waals surface area contributed by atoms with Crippen molar-refractivity contribution in [1.29, 1.82) is 0 Å². The first kappa shape index (κ1) is 6.21. The molecule has 2 aliphatic carbocycles. The van der Waals surface area contributed by atoms with Crippen molar-refractivity contribution in [3.63, 3.8) is 0 Å². The van der Waals surface area contributed by atoms with Crippen molar-refractivity contribution >= 4 is 0 Å². The molecule has 0 aromatic rings. The molecule has 0 heteroatoms. The number of fused-ring (bicyclic) bond motifs is 1. The molecule has 0 aromatic carbocycles. The first-order chi connectivity index (χ1) is 4.92. The van der Waals surface area contributed by atoms with Crippen LogP contribution in [0.3, 0.4) is 0 Å². The van der Waals surface area contributed by atoms with E-state index in [1.807, 2.05) is 0 Å². The lowest BCUT2D eigenvalue weighted by Crippen LogP contribution is -2.32. The lowest BCUT2D eigenvalue weighted by atomic mass is 9.61. The molecule has 0 aliphatic heterocycles. The molecule has 10 heavy (non-hydrogen) atoms. The van der Waals surface area contributed by atoms with E-state index >= 15 is 0 Å². The fourth-order valence-electron chi connectivity index (χ4n) is 1.97. The smallest absolute Gasteiger partial charge is 0.0130 e. The minimum atomic E-state index is 0.917. The van der Waals surface area contributed by atoms with Crippen LogP contribution in [0.2, 0.25) is 0 Å². The lowest BCUT2D eigenvalue weighted by Gasteiger charge is -2.44. The Morgan fingerprint density at radius 3 is 3.00 bits per heavy atom. The molecule has 0 saturated heterocycles. The van der Waals surface area contributed by atoms with E-state index in [4.69, 9.17) is 0 Å². The van der Waals surface area contributed by atoms with Crippen molar-refractivity contribution < 1.29 is 0 Å². The van der Waals surface area contributed by atoms with Gasteiger partial charge < -0.3 is 0 Å². The Bertz CT molecular complexity index is 186. The number of hydrogen-bond donors (Lipinski definition) is 0. The minimum absolute atomic E-state index is 0.917. The molecule has 0 aromatic heterocycles. The molecular weight excluding hydrogens is 120 g/mol. The van der Waals surface area contributed by atoms with Crippen molar-refractivity contribution in [2.24, 2.45) is 11.8 Å². The van der Waals surface area contributed by atoms with Crippen LogP contribution in [0, 0.1) is 11.8 Å². The molecule has 2 rings (SSSR count). The van der Waals surface area contributed by atoms with E-state index in [1.165, 1.54) is 19.3 Å². The first-order valence-corrected chi connectivity index (χ1v) is 4.23. The van der Waals surface area contributed by atoms with E-state index < -0.39 is 0 Å². The Morgan fingerprint density at radius 2 is 2.60 bits per heavy atom. The molecule has 1 fully saturated rings. The maximum absolute atomic E-state index is 2.47. The van der Waals surface area contributed by atoms with Crippen LogP contribution in [-0.4, -0.2) is 0 Å². The zero-order valence-electron chi connectivity index (χ0n) is 6.51. The number of hydrogen-bond acceptors (Lipinski definition) is 0. The summed E-state index contributed by atoms with van der Waals surface area (Å²) in [5.41, 5.74) is 1.74. The molecule has 0 spiro atoms. The topological polar surface area (TPSA) is 0 Å². The fraction of sp³-hybridized carbons (Fsp3) is 0.600. The SMILES string of the molecule is CC=CCC1C=C2CCC21. The first-order valence-electron chi connectivity index (χ1n) is 4.23. The second-order valence-electron chi connectivity index (χ2n) is 3.36. The van der Waals surface area contributed by atoms with Crippen LogP contribution in [0.5, 0.6) is 0 Å². The van der Waals surface area contributed by atoms with Gasteiger partial charge in [0.25, 0.3) is 0 Å². The average Bonchev–Trinajstić information content (AvgIpc) is 1.92. The van der Waals surface area contributed by atoms with Crippen molar-refractivity contribution in [2.45, 2.75) is 26.2 Å². The van der Waals surface area contributed by atoms with Gasteiger partial charge in [-0.05, 0) is 38.0 Å². The minimum Gasteiger partial charge on any atom is -0.0916 e. The summed E-state index contributed by atoms with van der Waals surface area (Å²) in [5, 5.41) is 0. The van der Waals surface area contributed by atoms with Gasteiger partial charge in [-0.2, -0.15) is 0 Å². The largest absolute Gasteiger partial charge is 0.0916 e. The quantitative estimate of drug-likeness (QED) is 0.509. The van der Waals surface area contributed by atoms with E-state index in [9.17, 15) is 0 Å². The summed E-state index contributed by atoms with van der Waals surface area (Å²) in [6.07, 6.45) is 11.1. The van der Waals surface area contributed by atoms with Gasteiger partial charge in [0.15, 0.2) is 0 Å². The van der Waals surface area contributed by atoms with Gasteiger partial charge in [-0.25, -0.2) is 0 Å². The van der Waals surface area contributed by atoms with Crippen molar-refractivity contribution in [3.05, 3.63) is 23.8 Å². The van der Waals surface area contributed by atoms with Crippen molar-refractivity contribution in [2.75, 3.05) is 0 Å². The molecule has 2 aliphatic rings. The summed E-state index contributed by atoms with van der Waals surface area (Å²) >= 11 is 0. The van der Waals surface area contributed by atoms with E-state index in [1.54, 1.807) is 5.57 Å². The van der Waals surface area contributed by atoms with Crippen molar-refractivity contribution in [3.8, 4) is 0 Å². The molecule has 2 unspecified atom stereocenters.